The van der Waals surface area contributed by atoms with Gasteiger partial charge in [-0.25, -0.2) is 4.79 Å². The van der Waals surface area contributed by atoms with Gasteiger partial charge >= 0.3 is 5.97 Å². The Balaban J connectivity index is 1.72. The summed E-state index contributed by atoms with van der Waals surface area (Å²) >= 11 is 0. The summed E-state index contributed by atoms with van der Waals surface area (Å²) in [5.74, 6) is -2.28. The fourth-order valence-electron chi connectivity index (χ4n) is 2.39. The van der Waals surface area contributed by atoms with Gasteiger partial charge in [0.25, 0.3) is 5.91 Å². The molecule has 1 N–H and O–H groups in total. The maximum Gasteiger partial charge on any atom is 0.339 e. The number of anilines is 1. The summed E-state index contributed by atoms with van der Waals surface area (Å²) in [5.41, 5.74) is 1.65. The fourth-order valence-corrected chi connectivity index (χ4v) is 2.39. The van der Waals surface area contributed by atoms with Crippen molar-refractivity contribution in [3.05, 3.63) is 65.2 Å². The lowest BCUT2D eigenvalue weighted by atomic mass is 9.98. The van der Waals surface area contributed by atoms with E-state index in [0.717, 1.165) is 5.56 Å². The first-order chi connectivity index (χ1) is 11.0. The second-order valence-corrected chi connectivity index (χ2v) is 5.11. The summed E-state index contributed by atoms with van der Waals surface area (Å²) in [4.78, 5) is 34.8. The number of benzene rings is 2. The van der Waals surface area contributed by atoms with Crippen molar-refractivity contribution < 1.29 is 24.2 Å². The van der Waals surface area contributed by atoms with Crippen LogP contribution in [0.1, 0.15) is 26.3 Å². The van der Waals surface area contributed by atoms with Crippen LogP contribution in [0.5, 0.6) is 0 Å². The number of cyclic esters (lactones) is 1. The van der Waals surface area contributed by atoms with E-state index in [1.165, 1.54) is 24.3 Å². The van der Waals surface area contributed by atoms with Crippen LogP contribution < -0.4 is 10.4 Å². The number of ether oxygens (including phenoxy) is 1. The van der Waals surface area contributed by atoms with E-state index >= 15 is 0 Å². The number of carboxylic acids is 1. The molecule has 3 rings (SSSR count). The molecule has 1 aliphatic rings. The molecule has 0 saturated carbocycles. The second-order valence-electron chi connectivity index (χ2n) is 5.11. The second kappa shape index (κ2) is 5.92. The zero-order valence-corrected chi connectivity index (χ0v) is 11.9. The van der Waals surface area contributed by atoms with Gasteiger partial charge in [0.05, 0.1) is 11.5 Å². The maximum atomic E-state index is 12.2. The summed E-state index contributed by atoms with van der Waals surface area (Å²) in [6, 6.07) is 12.5. The molecule has 0 radical (unpaired) electrons. The van der Waals surface area contributed by atoms with Gasteiger partial charge in [-0.15, -0.1) is 0 Å². The number of amides is 1. The van der Waals surface area contributed by atoms with Crippen molar-refractivity contribution in [2.75, 3.05) is 5.32 Å². The summed E-state index contributed by atoms with van der Waals surface area (Å²) in [5, 5.41) is 13.3. The van der Waals surface area contributed by atoms with Gasteiger partial charge in [-0.05, 0) is 29.3 Å². The van der Waals surface area contributed by atoms with Crippen LogP contribution in [0.2, 0.25) is 0 Å². The van der Waals surface area contributed by atoms with Gasteiger partial charge in [0.2, 0.25) is 0 Å². The minimum absolute atomic E-state index is 0.0148. The van der Waals surface area contributed by atoms with Gasteiger partial charge < -0.3 is 20.0 Å². The number of esters is 1. The quantitative estimate of drug-likeness (QED) is 0.845. The molecule has 1 atom stereocenters. The van der Waals surface area contributed by atoms with E-state index in [4.69, 9.17) is 4.74 Å². The molecule has 0 unspecified atom stereocenters. The third-order valence-electron chi connectivity index (χ3n) is 3.57. The highest BCUT2D eigenvalue weighted by atomic mass is 16.5. The minimum Gasteiger partial charge on any atom is -0.545 e. The van der Waals surface area contributed by atoms with Crippen LogP contribution in [0.15, 0.2) is 48.5 Å². The average Bonchev–Trinajstić information content (AvgIpc) is 2.55. The summed E-state index contributed by atoms with van der Waals surface area (Å²) in [7, 11) is 0. The van der Waals surface area contributed by atoms with Crippen LogP contribution in [-0.2, 0) is 16.0 Å². The van der Waals surface area contributed by atoms with E-state index in [2.05, 4.69) is 5.32 Å². The molecule has 1 amide bonds. The van der Waals surface area contributed by atoms with Crippen LogP contribution in [0.3, 0.4) is 0 Å². The molecule has 6 nitrogen and oxygen atoms in total. The highest BCUT2D eigenvalue weighted by molar-refractivity contribution is 6.00. The number of nitrogens with one attached hydrogen (secondary N) is 1. The Morgan fingerprint density at radius 3 is 2.48 bits per heavy atom. The molecule has 0 bridgehead atoms. The van der Waals surface area contributed by atoms with Crippen molar-refractivity contribution in [2.24, 2.45) is 0 Å². The third-order valence-corrected chi connectivity index (χ3v) is 3.57. The zero-order valence-electron chi connectivity index (χ0n) is 11.9. The largest absolute Gasteiger partial charge is 0.545 e. The summed E-state index contributed by atoms with van der Waals surface area (Å²) in [6.45, 7) is 0. The van der Waals surface area contributed by atoms with Gasteiger partial charge in [0.15, 0.2) is 6.10 Å². The zero-order chi connectivity index (χ0) is 16.4. The summed E-state index contributed by atoms with van der Waals surface area (Å²) < 4.78 is 5.15. The lowest BCUT2D eigenvalue weighted by Crippen LogP contribution is -2.37. The molecular weight excluding hydrogens is 298 g/mol. The Labute approximate surface area is 131 Å². The molecule has 0 saturated heterocycles. The van der Waals surface area contributed by atoms with E-state index in [0.29, 0.717) is 17.7 Å². The molecule has 0 spiro atoms. The molecule has 0 aliphatic carbocycles. The lowest BCUT2D eigenvalue weighted by Gasteiger charge is -2.23. The van der Waals surface area contributed by atoms with Crippen molar-refractivity contribution in [1.29, 1.82) is 0 Å². The number of hydrogen-bond acceptors (Lipinski definition) is 5. The van der Waals surface area contributed by atoms with E-state index in [-0.39, 0.29) is 5.56 Å². The Bertz CT molecular complexity index is 782. The Morgan fingerprint density at radius 2 is 1.78 bits per heavy atom. The molecule has 1 heterocycles. The fraction of sp³-hybridized carbons (Fsp3) is 0.118. The van der Waals surface area contributed by atoms with Gasteiger partial charge in [0, 0.05) is 12.1 Å². The van der Waals surface area contributed by atoms with Crippen molar-refractivity contribution in [3.63, 3.8) is 0 Å². The van der Waals surface area contributed by atoms with Crippen LogP contribution >= 0.6 is 0 Å². The predicted molar refractivity (Wildman–Crippen MR) is 78.8 cm³/mol. The van der Waals surface area contributed by atoms with Crippen LogP contribution in [-0.4, -0.2) is 23.9 Å². The monoisotopic (exact) mass is 310 g/mol. The van der Waals surface area contributed by atoms with Crippen molar-refractivity contribution in [1.82, 2.24) is 0 Å². The van der Waals surface area contributed by atoms with Crippen molar-refractivity contribution in [3.8, 4) is 0 Å². The van der Waals surface area contributed by atoms with Crippen molar-refractivity contribution >= 4 is 23.5 Å². The molecule has 1 aliphatic heterocycles. The number of carbonyl (C=O) groups excluding carboxylic acids is 3. The maximum absolute atomic E-state index is 12.2. The number of rotatable bonds is 3. The highest BCUT2D eigenvalue weighted by Gasteiger charge is 2.30. The SMILES string of the molecule is O=C([O-])c1ccc(NC(=O)[C@@H]2Cc3ccccc3C(=O)O2)cc1. The Morgan fingerprint density at radius 1 is 1.09 bits per heavy atom. The van der Waals surface area contributed by atoms with Crippen LogP contribution in [0, 0.1) is 0 Å². The lowest BCUT2D eigenvalue weighted by molar-refractivity contribution is -0.255. The van der Waals surface area contributed by atoms with E-state index in [1.54, 1.807) is 24.3 Å². The molecule has 2 aromatic carbocycles. The molecule has 23 heavy (non-hydrogen) atoms. The normalized spacial score (nSPS) is 16.2. The number of hydrogen-bond donors (Lipinski definition) is 1. The smallest absolute Gasteiger partial charge is 0.339 e. The van der Waals surface area contributed by atoms with Gasteiger partial charge in [0.1, 0.15) is 0 Å². The van der Waals surface area contributed by atoms with E-state index in [1.807, 2.05) is 0 Å². The first-order valence-electron chi connectivity index (χ1n) is 6.96. The number of carbonyl (C=O) groups is 3. The van der Waals surface area contributed by atoms with Gasteiger partial charge in [-0.2, -0.15) is 0 Å². The first-order valence-corrected chi connectivity index (χ1v) is 6.96. The molecular formula is C17H12NO5-. The standard InChI is InChI=1S/C17H13NO5/c19-15(18-12-7-5-10(6-8-12)16(20)21)14-9-11-3-1-2-4-13(11)17(22)23-14/h1-8,14H,9H2,(H,18,19)(H,20,21)/p-1/t14-/m0/s1. The first kappa shape index (κ1) is 14.8. The van der Waals surface area contributed by atoms with Crippen LogP contribution in [0.25, 0.3) is 0 Å². The number of carboxylic acid groups (broad SMARTS) is 1. The van der Waals surface area contributed by atoms with Crippen LogP contribution in [0.4, 0.5) is 5.69 Å². The molecule has 0 aromatic heterocycles. The molecule has 2 aromatic rings. The topological polar surface area (TPSA) is 95.5 Å². The molecule has 0 fully saturated rings. The number of aromatic carboxylic acids is 1. The summed E-state index contributed by atoms with van der Waals surface area (Å²) in [6.07, 6.45) is -0.622. The number of fused-ring (bicyclic) bond motifs is 1. The average molecular weight is 310 g/mol. The Kier molecular flexibility index (Phi) is 3.80. The van der Waals surface area contributed by atoms with Crippen molar-refractivity contribution in [2.45, 2.75) is 12.5 Å². The van der Waals surface area contributed by atoms with Gasteiger partial charge in [-0.3, -0.25) is 4.79 Å². The predicted octanol–water partition coefficient (Wildman–Crippen LogP) is 0.770. The highest BCUT2D eigenvalue weighted by Crippen LogP contribution is 2.21. The van der Waals surface area contributed by atoms with Gasteiger partial charge in [-0.1, -0.05) is 30.3 Å². The molecule has 6 heteroatoms. The minimum atomic E-state index is -1.29. The molecule has 116 valence electrons. The van der Waals surface area contributed by atoms with E-state index in [9.17, 15) is 19.5 Å². The van der Waals surface area contributed by atoms with E-state index < -0.39 is 23.9 Å². The Hall–Kier alpha value is -3.15. The third kappa shape index (κ3) is 3.06.